The van der Waals surface area contributed by atoms with Crippen LogP contribution in [0.4, 0.5) is 4.39 Å². The first-order valence-corrected chi connectivity index (χ1v) is 10.7. The number of ether oxygens (including phenoxy) is 1. The van der Waals surface area contributed by atoms with Crippen LogP contribution in [0.1, 0.15) is 44.7 Å². The summed E-state index contributed by atoms with van der Waals surface area (Å²) in [4.78, 5) is 27.1. The van der Waals surface area contributed by atoms with E-state index in [0.717, 1.165) is 37.1 Å². The Kier molecular flexibility index (Phi) is 6.80. The van der Waals surface area contributed by atoms with Crippen LogP contribution in [0.2, 0.25) is 0 Å². The molecular weight excluding hydrogens is 407 g/mol. The molecule has 0 radical (unpaired) electrons. The van der Waals surface area contributed by atoms with Gasteiger partial charge in [-0.05, 0) is 66.4 Å². The van der Waals surface area contributed by atoms with Crippen LogP contribution in [0.5, 0.6) is 5.75 Å². The molecule has 0 bridgehead atoms. The van der Waals surface area contributed by atoms with Gasteiger partial charge in [0.2, 0.25) is 0 Å². The van der Waals surface area contributed by atoms with Crippen LogP contribution in [0.15, 0.2) is 72.8 Å². The van der Waals surface area contributed by atoms with Crippen molar-refractivity contribution in [1.82, 2.24) is 10.2 Å². The molecule has 3 aromatic rings. The minimum absolute atomic E-state index is 0.0432. The van der Waals surface area contributed by atoms with Crippen molar-refractivity contribution in [2.24, 2.45) is 0 Å². The highest BCUT2D eigenvalue weighted by Gasteiger charge is 2.19. The van der Waals surface area contributed by atoms with Crippen LogP contribution >= 0.6 is 0 Å². The van der Waals surface area contributed by atoms with Crippen LogP contribution in [0.3, 0.4) is 0 Å². The summed E-state index contributed by atoms with van der Waals surface area (Å²) in [5, 5.41) is 2.90. The fourth-order valence-corrected chi connectivity index (χ4v) is 3.68. The summed E-state index contributed by atoms with van der Waals surface area (Å²) in [7, 11) is 0. The normalized spacial score (nSPS) is 13.1. The lowest BCUT2D eigenvalue weighted by molar-refractivity contribution is 0.0792. The minimum atomic E-state index is -0.293. The lowest BCUT2D eigenvalue weighted by Gasteiger charge is -2.15. The third-order valence-electron chi connectivity index (χ3n) is 5.44. The van der Waals surface area contributed by atoms with Gasteiger partial charge >= 0.3 is 0 Å². The zero-order valence-corrected chi connectivity index (χ0v) is 17.7. The molecule has 3 aromatic carbocycles. The molecule has 5 nitrogen and oxygen atoms in total. The van der Waals surface area contributed by atoms with Crippen molar-refractivity contribution >= 4 is 11.8 Å². The SMILES string of the molecule is O=C(NCc1cccc(C(=O)N2CCCC2)c1)c1cccc(OCc2ccc(F)cc2)c1. The molecule has 1 saturated heterocycles. The summed E-state index contributed by atoms with van der Waals surface area (Å²) in [6.45, 7) is 2.21. The number of halogens is 1. The smallest absolute Gasteiger partial charge is 0.253 e. The Morgan fingerprint density at radius 1 is 0.875 bits per heavy atom. The summed E-state index contributed by atoms with van der Waals surface area (Å²) >= 11 is 0. The van der Waals surface area contributed by atoms with E-state index in [9.17, 15) is 14.0 Å². The third-order valence-corrected chi connectivity index (χ3v) is 5.44. The lowest BCUT2D eigenvalue weighted by atomic mass is 10.1. The fraction of sp³-hybridized carbons (Fsp3) is 0.231. The van der Waals surface area contributed by atoms with Gasteiger partial charge in [0.25, 0.3) is 11.8 Å². The zero-order valence-electron chi connectivity index (χ0n) is 17.7. The van der Waals surface area contributed by atoms with Crippen LogP contribution < -0.4 is 10.1 Å². The molecule has 0 unspecified atom stereocenters. The van der Waals surface area contributed by atoms with Gasteiger partial charge in [-0.2, -0.15) is 0 Å². The number of carbonyl (C=O) groups excluding carboxylic acids is 2. The Balaban J connectivity index is 1.34. The number of nitrogens with one attached hydrogen (secondary N) is 1. The predicted octanol–water partition coefficient (Wildman–Crippen LogP) is 4.57. The highest BCUT2D eigenvalue weighted by atomic mass is 19.1. The van der Waals surface area contributed by atoms with Crippen molar-refractivity contribution in [2.75, 3.05) is 13.1 Å². The van der Waals surface area contributed by atoms with Gasteiger partial charge in [-0.3, -0.25) is 9.59 Å². The molecule has 2 amide bonds. The summed E-state index contributed by atoms with van der Waals surface area (Å²) in [6, 6.07) is 20.4. The molecule has 0 aliphatic carbocycles. The summed E-state index contributed by atoms with van der Waals surface area (Å²) in [5.41, 5.74) is 2.83. The molecule has 4 rings (SSSR count). The van der Waals surface area contributed by atoms with Gasteiger partial charge in [0.15, 0.2) is 0 Å². The zero-order chi connectivity index (χ0) is 22.3. The van der Waals surface area contributed by atoms with Crippen molar-refractivity contribution in [1.29, 1.82) is 0 Å². The molecule has 0 saturated carbocycles. The van der Waals surface area contributed by atoms with Gasteiger partial charge in [-0.15, -0.1) is 0 Å². The quantitative estimate of drug-likeness (QED) is 0.595. The molecule has 0 spiro atoms. The van der Waals surface area contributed by atoms with Gasteiger partial charge in [-0.25, -0.2) is 4.39 Å². The maximum Gasteiger partial charge on any atom is 0.253 e. The number of benzene rings is 3. The number of hydrogen-bond acceptors (Lipinski definition) is 3. The molecule has 6 heteroatoms. The van der Waals surface area contributed by atoms with Crippen LogP contribution in [0, 0.1) is 5.82 Å². The molecule has 0 atom stereocenters. The highest BCUT2D eigenvalue weighted by Crippen LogP contribution is 2.17. The van der Waals surface area contributed by atoms with Crippen molar-refractivity contribution < 1.29 is 18.7 Å². The van der Waals surface area contributed by atoms with Gasteiger partial charge < -0.3 is 15.0 Å². The lowest BCUT2D eigenvalue weighted by Crippen LogP contribution is -2.28. The first kappa shape index (κ1) is 21.6. The minimum Gasteiger partial charge on any atom is -0.489 e. The second-order valence-corrected chi connectivity index (χ2v) is 7.83. The van der Waals surface area contributed by atoms with Crippen molar-refractivity contribution in [3.05, 3.63) is 101 Å². The fourth-order valence-electron chi connectivity index (χ4n) is 3.68. The second kappa shape index (κ2) is 10.1. The topological polar surface area (TPSA) is 58.6 Å². The number of rotatable bonds is 7. The molecule has 1 aliphatic rings. The van der Waals surface area contributed by atoms with Crippen LogP contribution in [0.25, 0.3) is 0 Å². The Labute approximate surface area is 186 Å². The first-order valence-electron chi connectivity index (χ1n) is 10.7. The standard InChI is InChI=1S/C26H25FN2O3/c27-23-11-9-19(10-12-23)18-32-24-8-4-6-21(16-24)25(30)28-17-20-5-3-7-22(15-20)26(31)29-13-1-2-14-29/h3-12,15-16H,1-2,13-14,17-18H2,(H,28,30). The Bertz CT molecular complexity index is 1090. The van der Waals surface area contributed by atoms with Gasteiger partial charge in [0, 0.05) is 30.8 Å². The van der Waals surface area contributed by atoms with Gasteiger partial charge in [-0.1, -0.05) is 30.3 Å². The van der Waals surface area contributed by atoms with Crippen molar-refractivity contribution in [2.45, 2.75) is 26.0 Å². The third kappa shape index (κ3) is 5.52. The Morgan fingerprint density at radius 3 is 2.38 bits per heavy atom. The van der Waals surface area contributed by atoms with E-state index in [2.05, 4.69) is 5.32 Å². The number of likely N-dealkylation sites (tertiary alicyclic amines) is 1. The first-order chi connectivity index (χ1) is 15.6. The molecule has 1 aliphatic heterocycles. The maximum absolute atomic E-state index is 13.0. The number of carbonyl (C=O) groups is 2. The summed E-state index contributed by atoms with van der Waals surface area (Å²) < 4.78 is 18.7. The maximum atomic E-state index is 13.0. The van der Waals surface area contributed by atoms with Crippen LogP contribution in [-0.4, -0.2) is 29.8 Å². The van der Waals surface area contributed by atoms with E-state index in [1.165, 1.54) is 12.1 Å². The van der Waals surface area contributed by atoms with Gasteiger partial charge in [0.1, 0.15) is 18.2 Å². The highest BCUT2D eigenvalue weighted by molar-refractivity contribution is 5.95. The largest absolute Gasteiger partial charge is 0.489 e. The molecule has 32 heavy (non-hydrogen) atoms. The van der Waals surface area contributed by atoms with Crippen molar-refractivity contribution in [3.8, 4) is 5.75 Å². The Hall–Kier alpha value is -3.67. The molecular formula is C26H25FN2O3. The number of hydrogen-bond donors (Lipinski definition) is 1. The molecule has 1 N–H and O–H groups in total. The predicted molar refractivity (Wildman–Crippen MR) is 120 cm³/mol. The number of nitrogens with zero attached hydrogens (tertiary/aromatic N) is 1. The van der Waals surface area contributed by atoms with E-state index >= 15 is 0 Å². The van der Waals surface area contributed by atoms with E-state index in [1.54, 1.807) is 36.4 Å². The van der Waals surface area contributed by atoms with Crippen LogP contribution in [-0.2, 0) is 13.2 Å². The molecule has 0 aromatic heterocycles. The molecule has 1 fully saturated rings. The van der Waals surface area contributed by atoms with E-state index in [4.69, 9.17) is 4.74 Å². The van der Waals surface area contributed by atoms with E-state index in [0.29, 0.717) is 23.4 Å². The van der Waals surface area contributed by atoms with Crippen molar-refractivity contribution in [3.63, 3.8) is 0 Å². The average molecular weight is 432 g/mol. The van der Waals surface area contributed by atoms with Gasteiger partial charge in [0.05, 0.1) is 0 Å². The summed E-state index contributed by atoms with van der Waals surface area (Å²) in [5.74, 6) is 0.0775. The molecule has 1 heterocycles. The average Bonchev–Trinajstić information content (AvgIpc) is 3.37. The monoisotopic (exact) mass is 432 g/mol. The number of amides is 2. The second-order valence-electron chi connectivity index (χ2n) is 7.83. The van der Waals surface area contributed by atoms with E-state index in [1.807, 2.05) is 29.2 Å². The van der Waals surface area contributed by atoms with E-state index < -0.39 is 0 Å². The summed E-state index contributed by atoms with van der Waals surface area (Å²) in [6.07, 6.45) is 2.10. The van der Waals surface area contributed by atoms with E-state index in [-0.39, 0.29) is 24.2 Å². The Morgan fingerprint density at radius 2 is 1.59 bits per heavy atom. The molecule has 164 valence electrons.